The van der Waals surface area contributed by atoms with E-state index in [0.717, 1.165) is 16.4 Å². The lowest BCUT2D eigenvalue weighted by Gasteiger charge is -2.08. The van der Waals surface area contributed by atoms with Gasteiger partial charge >= 0.3 is 0 Å². The topological polar surface area (TPSA) is 59.8 Å². The molecule has 24 heavy (non-hydrogen) atoms. The van der Waals surface area contributed by atoms with E-state index in [1.807, 2.05) is 47.2 Å². The fraction of sp³-hybridized carbons (Fsp3) is 0.118. The third kappa shape index (κ3) is 4.37. The van der Waals surface area contributed by atoms with Crippen molar-refractivity contribution in [3.63, 3.8) is 0 Å². The minimum Gasteiger partial charge on any atom is -0.351 e. The van der Waals surface area contributed by atoms with Gasteiger partial charge in [-0.3, -0.25) is 14.3 Å². The monoisotopic (exact) mass is 358 g/mol. The van der Waals surface area contributed by atoms with Crippen LogP contribution in [0.25, 0.3) is 5.69 Å². The molecule has 0 aliphatic heterocycles. The number of aromatic nitrogens is 3. The molecule has 2 heterocycles. The van der Waals surface area contributed by atoms with Crippen molar-refractivity contribution in [1.82, 2.24) is 19.9 Å². The van der Waals surface area contributed by atoms with Crippen molar-refractivity contribution < 1.29 is 4.79 Å². The summed E-state index contributed by atoms with van der Waals surface area (Å²) in [6, 6.07) is 11.3. The number of halogens is 1. The number of pyridine rings is 1. The molecule has 122 valence electrons. The Labute approximate surface area is 149 Å². The number of carbonyl (C=O) groups is 1. The molecular formula is C17H15ClN4OS. The lowest BCUT2D eigenvalue weighted by Crippen LogP contribution is -2.24. The van der Waals surface area contributed by atoms with Crippen molar-refractivity contribution in [3.05, 3.63) is 71.8 Å². The van der Waals surface area contributed by atoms with Crippen LogP contribution in [0, 0.1) is 0 Å². The van der Waals surface area contributed by atoms with Gasteiger partial charge in [-0.05, 0) is 29.8 Å². The zero-order valence-electron chi connectivity index (χ0n) is 12.7. The van der Waals surface area contributed by atoms with Gasteiger partial charge in [-0.1, -0.05) is 35.5 Å². The first-order valence-electron chi connectivity index (χ1n) is 7.30. The van der Waals surface area contributed by atoms with Crippen LogP contribution in [-0.2, 0) is 11.3 Å². The van der Waals surface area contributed by atoms with E-state index in [1.165, 1.54) is 11.8 Å². The first-order chi connectivity index (χ1) is 11.7. The Hall–Kier alpha value is -2.31. The Morgan fingerprint density at radius 2 is 2.17 bits per heavy atom. The van der Waals surface area contributed by atoms with Crippen molar-refractivity contribution in [2.75, 3.05) is 5.75 Å². The summed E-state index contributed by atoms with van der Waals surface area (Å²) in [4.78, 5) is 20.3. The Bertz CT molecular complexity index is 822. The third-order valence-corrected chi connectivity index (χ3v) is 4.44. The lowest BCUT2D eigenvalue weighted by atomic mass is 10.3. The number of carbonyl (C=O) groups excluding carboxylic acids is 1. The van der Waals surface area contributed by atoms with Crippen molar-refractivity contribution in [1.29, 1.82) is 0 Å². The van der Waals surface area contributed by atoms with E-state index < -0.39 is 0 Å². The van der Waals surface area contributed by atoms with E-state index in [9.17, 15) is 4.79 Å². The number of nitrogens with one attached hydrogen (secondary N) is 1. The SMILES string of the molecule is O=C(CSc1nccn1-c1cccc(Cl)c1)NCc1cccnc1. The largest absolute Gasteiger partial charge is 0.351 e. The van der Waals surface area contributed by atoms with Gasteiger partial charge in [-0.2, -0.15) is 0 Å². The van der Waals surface area contributed by atoms with Crippen LogP contribution in [0.3, 0.4) is 0 Å². The molecule has 0 spiro atoms. The molecule has 0 radical (unpaired) electrons. The smallest absolute Gasteiger partial charge is 0.230 e. The normalized spacial score (nSPS) is 10.5. The van der Waals surface area contributed by atoms with Crippen molar-refractivity contribution in [3.8, 4) is 5.69 Å². The highest BCUT2D eigenvalue weighted by molar-refractivity contribution is 7.99. The number of nitrogens with zero attached hydrogens (tertiary/aromatic N) is 3. The summed E-state index contributed by atoms with van der Waals surface area (Å²) < 4.78 is 1.91. The molecule has 0 saturated carbocycles. The number of thioether (sulfide) groups is 1. The maximum absolute atomic E-state index is 12.0. The molecule has 0 aliphatic carbocycles. The maximum atomic E-state index is 12.0. The maximum Gasteiger partial charge on any atom is 0.230 e. The molecule has 0 saturated heterocycles. The van der Waals surface area contributed by atoms with Gasteiger partial charge < -0.3 is 5.32 Å². The zero-order chi connectivity index (χ0) is 16.8. The van der Waals surface area contributed by atoms with Gasteiger partial charge in [0.25, 0.3) is 0 Å². The Kier molecular flexibility index (Phi) is 5.51. The highest BCUT2D eigenvalue weighted by atomic mass is 35.5. The molecule has 1 aromatic carbocycles. The van der Waals surface area contributed by atoms with Gasteiger partial charge in [0, 0.05) is 42.0 Å². The highest BCUT2D eigenvalue weighted by Gasteiger charge is 2.09. The van der Waals surface area contributed by atoms with Gasteiger partial charge in [-0.15, -0.1) is 0 Å². The summed E-state index contributed by atoms with van der Waals surface area (Å²) in [6.45, 7) is 0.468. The standard InChI is InChI=1S/C17H15ClN4OS/c18-14-4-1-5-15(9-14)22-8-7-20-17(22)24-12-16(23)21-11-13-3-2-6-19-10-13/h1-10H,11-12H2,(H,21,23). The van der Waals surface area contributed by atoms with E-state index in [1.54, 1.807) is 18.6 Å². The summed E-state index contributed by atoms with van der Waals surface area (Å²) in [5, 5.41) is 4.27. The molecule has 3 rings (SSSR count). The minimum absolute atomic E-state index is 0.0514. The number of amides is 1. The third-order valence-electron chi connectivity index (χ3n) is 3.24. The molecule has 0 bridgehead atoms. The quantitative estimate of drug-likeness (QED) is 0.687. The number of benzene rings is 1. The van der Waals surface area contributed by atoms with Gasteiger partial charge in [-0.25, -0.2) is 4.98 Å². The van der Waals surface area contributed by atoms with Crippen molar-refractivity contribution >= 4 is 29.3 Å². The predicted molar refractivity (Wildman–Crippen MR) is 95.4 cm³/mol. The molecule has 0 unspecified atom stereocenters. The predicted octanol–water partition coefficient (Wildman–Crippen LogP) is 3.33. The van der Waals surface area contributed by atoms with Crippen molar-refractivity contribution in [2.24, 2.45) is 0 Å². The van der Waals surface area contributed by atoms with Gasteiger partial charge in [0.05, 0.1) is 5.75 Å². The van der Waals surface area contributed by atoms with E-state index in [0.29, 0.717) is 11.6 Å². The highest BCUT2D eigenvalue weighted by Crippen LogP contribution is 2.22. The molecule has 7 heteroatoms. The molecule has 2 aromatic heterocycles. The fourth-order valence-electron chi connectivity index (χ4n) is 2.10. The van der Waals surface area contributed by atoms with Crippen LogP contribution in [-0.4, -0.2) is 26.2 Å². The van der Waals surface area contributed by atoms with Crippen LogP contribution in [0.15, 0.2) is 66.3 Å². The first-order valence-corrected chi connectivity index (χ1v) is 8.66. The first kappa shape index (κ1) is 16.5. The van der Waals surface area contributed by atoms with E-state index >= 15 is 0 Å². The second-order valence-corrected chi connectivity index (χ2v) is 6.37. The van der Waals surface area contributed by atoms with Crippen molar-refractivity contribution in [2.45, 2.75) is 11.7 Å². The van der Waals surface area contributed by atoms with Crippen LogP contribution in [0.1, 0.15) is 5.56 Å². The minimum atomic E-state index is -0.0514. The summed E-state index contributed by atoms with van der Waals surface area (Å²) in [5.41, 5.74) is 1.88. The Morgan fingerprint density at radius 3 is 2.96 bits per heavy atom. The second kappa shape index (κ2) is 7.99. The summed E-state index contributed by atoms with van der Waals surface area (Å²) in [5.74, 6) is 0.238. The van der Waals surface area contributed by atoms with E-state index in [-0.39, 0.29) is 11.7 Å². The van der Waals surface area contributed by atoms with Crippen LogP contribution in [0.4, 0.5) is 0 Å². The van der Waals surface area contributed by atoms with Crippen LogP contribution in [0.5, 0.6) is 0 Å². The lowest BCUT2D eigenvalue weighted by molar-refractivity contribution is -0.118. The average Bonchev–Trinajstić information content (AvgIpc) is 3.08. The number of hydrogen-bond donors (Lipinski definition) is 1. The molecule has 1 N–H and O–H groups in total. The van der Waals surface area contributed by atoms with Crippen LogP contribution in [0.2, 0.25) is 5.02 Å². The Morgan fingerprint density at radius 1 is 1.25 bits per heavy atom. The number of hydrogen-bond acceptors (Lipinski definition) is 4. The molecule has 1 amide bonds. The summed E-state index contributed by atoms with van der Waals surface area (Å²) in [7, 11) is 0. The van der Waals surface area contributed by atoms with Gasteiger partial charge in [0.2, 0.25) is 5.91 Å². The molecule has 0 fully saturated rings. The van der Waals surface area contributed by atoms with E-state index in [4.69, 9.17) is 11.6 Å². The molecule has 3 aromatic rings. The summed E-state index contributed by atoms with van der Waals surface area (Å²) >= 11 is 7.41. The Balaban J connectivity index is 1.57. The summed E-state index contributed by atoms with van der Waals surface area (Å²) in [6.07, 6.45) is 6.99. The number of imidazole rings is 1. The van der Waals surface area contributed by atoms with Crippen LogP contribution < -0.4 is 5.32 Å². The molecule has 5 nitrogen and oxygen atoms in total. The number of rotatable bonds is 6. The zero-order valence-corrected chi connectivity index (χ0v) is 14.3. The fourth-order valence-corrected chi connectivity index (χ4v) is 3.09. The van der Waals surface area contributed by atoms with E-state index in [2.05, 4.69) is 15.3 Å². The molecule has 0 aliphatic rings. The average molecular weight is 359 g/mol. The molecular weight excluding hydrogens is 344 g/mol. The second-order valence-electron chi connectivity index (χ2n) is 4.99. The molecule has 0 atom stereocenters. The van der Waals surface area contributed by atoms with Gasteiger partial charge in [0.15, 0.2) is 5.16 Å². The van der Waals surface area contributed by atoms with Crippen LogP contribution >= 0.6 is 23.4 Å². The van der Waals surface area contributed by atoms with Gasteiger partial charge in [0.1, 0.15) is 0 Å².